The molecule has 0 aromatic carbocycles. The molecule has 0 aliphatic carbocycles. The fraction of sp³-hybridized carbons (Fsp3) is 0.824. The molecule has 0 fully saturated rings. The second-order valence-corrected chi connectivity index (χ2v) is 5.28. The molecule has 5 nitrogen and oxygen atoms in total. The van der Waals surface area contributed by atoms with Crippen molar-refractivity contribution in [3.63, 3.8) is 0 Å². The molecule has 1 unspecified atom stereocenters. The summed E-state index contributed by atoms with van der Waals surface area (Å²) >= 11 is 0. The van der Waals surface area contributed by atoms with Crippen molar-refractivity contribution in [1.82, 2.24) is 0 Å². The van der Waals surface area contributed by atoms with Crippen LogP contribution in [0.4, 0.5) is 0 Å². The van der Waals surface area contributed by atoms with Crippen LogP contribution >= 0.6 is 0 Å². The SMILES string of the molecule is CCCCCCCC(=O)C(CCC(=O)OCC)C(=O)OCC. The molecular formula is C17H30O5. The van der Waals surface area contributed by atoms with Gasteiger partial charge in [0.15, 0.2) is 0 Å². The van der Waals surface area contributed by atoms with Crippen molar-refractivity contribution >= 4 is 17.7 Å². The minimum absolute atomic E-state index is 0.0683. The Kier molecular flexibility index (Phi) is 12.4. The van der Waals surface area contributed by atoms with Crippen LogP contribution in [0.2, 0.25) is 0 Å². The van der Waals surface area contributed by atoms with E-state index in [0.29, 0.717) is 13.0 Å². The maximum Gasteiger partial charge on any atom is 0.316 e. The molecule has 0 aliphatic heterocycles. The third-order valence-electron chi connectivity index (χ3n) is 3.43. The minimum Gasteiger partial charge on any atom is -0.466 e. The maximum atomic E-state index is 12.2. The zero-order valence-electron chi connectivity index (χ0n) is 14.2. The van der Waals surface area contributed by atoms with E-state index in [2.05, 4.69) is 6.92 Å². The Morgan fingerprint density at radius 2 is 1.45 bits per heavy atom. The second-order valence-electron chi connectivity index (χ2n) is 5.28. The third-order valence-corrected chi connectivity index (χ3v) is 3.43. The lowest BCUT2D eigenvalue weighted by molar-refractivity contribution is -0.152. The number of esters is 2. The number of ketones is 1. The van der Waals surface area contributed by atoms with Gasteiger partial charge in [-0.15, -0.1) is 0 Å². The van der Waals surface area contributed by atoms with Gasteiger partial charge in [0.25, 0.3) is 0 Å². The van der Waals surface area contributed by atoms with Crippen molar-refractivity contribution in [2.45, 2.75) is 72.1 Å². The number of Topliss-reactive ketones (excluding diaryl/α,β-unsaturated/α-hetero) is 1. The molecule has 0 rings (SSSR count). The van der Waals surface area contributed by atoms with Crippen LogP contribution in [0.25, 0.3) is 0 Å². The van der Waals surface area contributed by atoms with E-state index in [-0.39, 0.29) is 31.2 Å². The Balaban J connectivity index is 4.34. The van der Waals surface area contributed by atoms with Gasteiger partial charge >= 0.3 is 11.9 Å². The van der Waals surface area contributed by atoms with Gasteiger partial charge < -0.3 is 9.47 Å². The van der Waals surface area contributed by atoms with Crippen molar-refractivity contribution < 1.29 is 23.9 Å². The topological polar surface area (TPSA) is 69.7 Å². The van der Waals surface area contributed by atoms with E-state index >= 15 is 0 Å². The quantitative estimate of drug-likeness (QED) is 0.296. The molecule has 0 aromatic heterocycles. The summed E-state index contributed by atoms with van der Waals surface area (Å²) in [7, 11) is 0. The molecule has 0 radical (unpaired) electrons. The fourth-order valence-corrected chi connectivity index (χ4v) is 2.23. The van der Waals surface area contributed by atoms with Crippen molar-refractivity contribution in [3.8, 4) is 0 Å². The first-order valence-corrected chi connectivity index (χ1v) is 8.41. The Hall–Kier alpha value is -1.39. The molecule has 0 spiro atoms. The van der Waals surface area contributed by atoms with Crippen LogP contribution in [0.3, 0.4) is 0 Å². The highest BCUT2D eigenvalue weighted by Gasteiger charge is 2.28. The summed E-state index contributed by atoms with van der Waals surface area (Å²) in [5.74, 6) is -1.87. The highest BCUT2D eigenvalue weighted by molar-refractivity contribution is 5.99. The molecule has 0 saturated heterocycles. The first kappa shape index (κ1) is 20.6. The van der Waals surface area contributed by atoms with Crippen LogP contribution < -0.4 is 0 Å². The molecule has 0 saturated carbocycles. The Labute approximate surface area is 133 Å². The van der Waals surface area contributed by atoms with Crippen molar-refractivity contribution in [3.05, 3.63) is 0 Å². The Bertz CT molecular complexity index is 338. The highest BCUT2D eigenvalue weighted by atomic mass is 16.5. The minimum atomic E-state index is -0.837. The summed E-state index contributed by atoms with van der Waals surface area (Å²) in [5, 5.41) is 0. The van der Waals surface area contributed by atoms with Crippen LogP contribution in [0.5, 0.6) is 0 Å². The molecule has 0 heterocycles. The number of carbonyl (C=O) groups is 3. The summed E-state index contributed by atoms with van der Waals surface area (Å²) < 4.78 is 9.79. The normalized spacial score (nSPS) is 11.8. The molecule has 22 heavy (non-hydrogen) atoms. The van der Waals surface area contributed by atoms with Crippen LogP contribution in [-0.2, 0) is 23.9 Å². The lowest BCUT2D eigenvalue weighted by Gasteiger charge is -2.14. The van der Waals surface area contributed by atoms with E-state index in [1.165, 1.54) is 6.42 Å². The van der Waals surface area contributed by atoms with E-state index in [4.69, 9.17) is 9.47 Å². The first-order valence-electron chi connectivity index (χ1n) is 8.41. The van der Waals surface area contributed by atoms with E-state index in [9.17, 15) is 14.4 Å². The monoisotopic (exact) mass is 314 g/mol. The van der Waals surface area contributed by atoms with Gasteiger partial charge in [0, 0.05) is 12.8 Å². The number of carbonyl (C=O) groups excluding carboxylic acids is 3. The maximum absolute atomic E-state index is 12.2. The summed E-state index contributed by atoms with van der Waals surface area (Å²) in [6.07, 6.45) is 5.81. The number of hydrogen-bond donors (Lipinski definition) is 0. The van der Waals surface area contributed by atoms with Gasteiger partial charge in [0.05, 0.1) is 13.2 Å². The molecule has 128 valence electrons. The molecule has 0 bridgehead atoms. The van der Waals surface area contributed by atoms with Crippen LogP contribution in [0, 0.1) is 5.92 Å². The van der Waals surface area contributed by atoms with E-state index in [0.717, 1.165) is 25.7 Å². The Morgan fingerprint density at radius 3 is 2.05 bits per heavy atom. The molecule has 0 aliphatic rings. The van der Waals surface area contributed by atoms with Gasteiger partial charge in [-0.1, -0.05) is 32.6 Å². The predicted octanol–water partition coefficient (Wildman–Crippen LogP) is 3.44. The largest absolute Gasteiger partial charge is 0.466 e. The summed E-state index contributed by atoms with van der Waals surface area (Å²) in [6.45, 7) is 6.10. The van der Waals surface area contributed by atoms with Gasteiger partial charge in [0.1, 0.15) is 11.7 Å². The van der Waals surface area contributed by atoms with Gasteiger partial charge in [-0.05, 0) is 26.7 Å². The van der Waals surface area contributed by atoms with Crippen molar-refractivity contribution in [2.24, 2.45) is 5.92 Å². The summed E-state index contributed by atoms with van der Waals surface area (Å²) in [4.78, 5) is 35.5. The van der Waals surface area contributed by atoms with Crippen LogP contribution in [0.1, 0.15) is 72.1 Å². The predicted molar refractivity (Wildman–Crippen MR) is 84.4 cm³/mol. The van der Waals surface area contributed by atoms with Crippen molar-refractivity contribution in [2.75, 3.05) is 13.2 Å². The molecule has 0 N–H and O–H groups in total. The molecule has 1 atom stereocenters. The molecule has 5 heteroatoms. The number of ether oxygens (including phenoxy) is 2. The average Bonchev–Trinajstić information content (AvgIpc) is 2.47. The van der Waals surface area contributed by atoms with E-state index in [1.54, 1.807) is 13.8 Å². The molecule has 0 aromatic rings. The molecular weight excluding hydrogens is 284 g/mol. The Morgan fingerprint density at radius 1 is 0.818 bits per heavy atom. The number of hydrogen-bond acceptors (Lipinski definition) is 5. The summed E-state index contributed by atoms with van der Waals surface area (Å²) in [5.41, 5.74) is 0. The highest BCUT2D eigenvalue weighted by Crippen LogP contribution is 2.16. The van der Waals surface area contributed by atoms with E-state index < -0.39 is 11.9 Å². The standard InChI is InChI=1S/C17H30O5/c1-4-7-8-9-10-11-15(18)14(17(20)22-6-3)12-13-16(19)21-5-2/h14H,4-13H2,1-3H3. The molecule has 0 amide bonds. The second kappa shape index (κ2) is 13.3. The lowest BCUT2D eigenvalue weighted by Crippen LogP contribution is -2.27. The summed E-state index contributed by atoms with van der Waals surface area (Å²) in [6, 6.07) is 0. The smallest absolute Gasteiger partial charge is 0.316 e. The number of rotatable bonds is 13. The fourth-order valence-electron chi connectivity index (χ4n) is 2.23. The average molecular weight is 314 g/mol. The number of unbranched alkanes of at least 4 members (excludes halogenated alkanes) is 4. The zero-order valence-corrected chi connectivity index (χ0v) is 14.2. The van der Waals surface area contributed by atoms with Gasteiger partial charge in [-0.25, -0.2) is 0 Å². The lowest BCUT2D eigenvalue weighted by atomic mass is 9.94. The van der Waals surface area contributed by atoms with Crippen molar-refractivity contribution in [1.29, 1.82) is 0 Å². The van der Waals surface area contributed by atoms with Gasteiger partial charge in [-0.3, -0.25) is 14.4 Å². The van der Waals surface area contributed by atoms with Gasteiger partial charge in [0.2, 0.25) is 0 Å². The van der Waals surface area contributed by atoms with Crippen LogP contribution in [-0.4, -0.2) is 30.9 Å². The zero-order chi connectivity index (χ0) is 16.8. The van der Waals surface area contributed by atoms with Crippen LogP contribution in [0.15, 0.2) is 0 Å². The van der Waals surface area contributed by atoms with Gasteiger partial charge in [-0.2, -0.15) is 0 Å². The first-order chi connectivity index (χ1) is 10.6. The third kappa shape index (κ3) is 9.53. The van der Waals surface area contributed by atoms with E-state index in [1.807, 2.05) is 0 Å².